The Hall–Kier alpha value is -2.71. The number of anilines is 1. The zero-order valence-corrected chi connectivity index (χ0v) is 17.0. The predicted molar refractivity (Wildman–Crippen MR) is 118 cm³/mol. The molecule has 152 valence electrons. The molecular formula is C21H25FN6S. The van der Waals surface area contributed by atoms with Gasteiger partial charge in [0.2, 0.25) is 5.95 Å². The predicted octanol–water partition coefficient (Wildman–Crippen LogP) is 2.54. The van der Waals surface area contributed by atoms with E-state index >= 15 is 0 Å². The van der Waals surface area contributed by atoms with Crippen LogP contribution in [-0.2, 0) is 6.54 Å². The van der Waals surface area contributed by atoms with Crippen LogP contribution in [0.3, 0.4) is 0 Å². The number of nitrogens with one attached hydrogen (secondary N) is 2. The number of nitrogens with two attached hydrogens (primary N) is 1. The molecule has 1 saturated heterocycles. The average molecular weight is 413 g/mol. The lowest BCUT2D eigenvalue weighted by molar-refractivity contribution is 0.341. The summed E-state index contributed by atoms with van der Waals surface area (Å²) in [6, 6.07) is 15.1. The molecule has 29 heavy (non-hydrogen) atoms. The quantitative estimate of drug-likeness (QED) is 0.518. The van der Waals surface area contributed by atoms with Crippen molar-refractivity contribution in [2.24, 2.45) is 5.73 Å². The molecule has 4 rings (SSSR count). The number of hydrogen-bond donors (Lipinski definition) is 3. The molecular weight excluding hydrogens is 387 g/mol. The SMILES string of the molecule is NC(=S)NCCN1CCC(Nc2nc3ccccc3n2Cc2ccc(F)cc2)C1. The fraction of sp³-hybridized carbons (Fsp3) is 0.333. The minimum Gasteiger partial charge on any atom is -0.376 e. The number of thiocarbonyl (C=S) groups is 1. The molecule has 3 aromatic rings. The van der Waals surface area contributed by atoms with Crippen LogP contribution in [0.1, 0.15) is 12.0 Å². The van der Waals surface area contributed by atoms with Crippen molar-refractivity contribution in [1.29, 1.82) is 0 Å². The third-order valence-corrected chi connectivity index (χ3v) is 5.39. The molecule has 1 fully saturated rings. The van der Waals surface area contributed by atoms with Gasteiger partial charge in [0, 0.05) is 32.2 Å². The van der Waals surface area contributed by atoms with E-state index in [-0.39, 0.29) is 5.82 Å². The first-order valence-electron chi connectivity index (χ1n) is 9.80. The molecule has 0 radical (unpaired) electrons. The van der Waals surface area contributed by atoms with E-state index < -0.39 is 0 Å². The van der Waals surface area contributed by atoms with Crippen molar-refractivity contribution in [3.05, 3.63) is 59.9 Å². The Morgan fingerprint density at radius 2 is 2.00 bits per heavy atom. The lowest BCUT2D eigenvalue weighted by atomic mass is 10.2. The van der Waals surface area contributed by atoms with E-state index in [1.54, 1.807) is 0 Å². The van der Waals surface area contributed by atoms with Gasteiger partial charge in [0.15, 0.2) is 5.11 Å². The number of rotatable bonds is 7. The van der Waals surface area contributed by atoms with Crippen molar-refractivity contribution < 1.29 is 4.39 Å². The fourth-order valence-electron chi connectivity index (χ4n) is 3.79. The van der Waals surface area contributed by atoms with Crippen molar-refractivity contribution >= 4 is 34.3 Å². The summed E-state index contributed by atoms with van der Waals surface area (Å²) in [5, 5.41) is 6.97. The fourth-order valence-corrected chi connectivity index (χ4v) is 3.89. The van der Waals surface area contributed by atoms with Crippen molar-refractivity contribution in [2.75, 3.05) is 31.5 Å². The zero-order chi connectivity index (χ0) is 20.2. The summed E-state index contributed by atoms with van der Waals surface area (Å²) in [5.74, 6) is 0.627. The number of aromatic nitrogens is 2. The lowest BCUT2D eigenvalue weighted by Crippen LogP contribution is -2.37. The Morgan fingerprint density at radius 1 is 1.21 bits per heavy atom. The average Bonchev–Trinajstić information content (AvgIpc) is 3.28. The third kappa shape index (κ3) is 4.83. The van der Waals surface area contributed by atoms with Gasteiger partial charge in [-0.2, -0.15) is 0 Å². The van der Waals surface area contributed by atoms with E-state index in [0.717, 1.165) is 55.1 Å². The second-order valence-corrected chi connectivity index (χ2v) is 7.80. The smallest absolute Gasteiger partial charge is 0.204 e. The summed E-state index contributed by atoms with van der Waals surface area (Å²) in [4.78, 5) is 7.20. The molecule has 0 spiro atoms. The number of halogens is 1. The van der Waals surface area contributed by atoms with Gasteiger partial charge in [-0.25, -0.2) is 9.37 Å². The first kappa shape index (κ1) is 19.6. The summed E-state index contributed by atoms with van der Waals surface area (Å²) in [7, 11) is 0. The molecule has 0 saturated carbocycles. The topological polar surface area (TPSA) is 71.1 Å². The van der Waals surface area contributed by atoms with E-state index in [0.29, 0.717) is 17.7 Å². The van der Waals surface area contributed by atoms with Crippen LogP contribution in [0.15, 0.2) is 48.5 Å². The van der Waals surface area contributed by atoms with Gasteiger partial charge in [-0.15, -0.1) is 0 Å². The van der Waals surface area contributed by atoms with Crippen molar-refractivity contribution in [1.82, 2.24) is 19.8 Å². The molecule has 0 amide bonds. The van der Waals surface area contributed by atoms with Gasteiger partial charge in [-0.3, -0.25) is 4.90 Å². The number of nitrogens with zero attached hydrogens (tertiary/aromatic N) is 3. The third-order valence-electron chi connectivity index (χ3n) is 5.24. The van der Waals surface area contributed by atoms with Crippen LogP contribution in [0.25, 0.3) is 11.0 Å². The van der Waals surface area contributed by atoms with Gasteiger partial charge in [0.1, 0.15) is 5.82 Å². The van der Waals surface area contributed by atoms with E-state index in [9.17, 15) is 4.39 Å². The summed E-state index contributed by atoms with van der Waals surface area (Å²) < 4.78 is 15.4. The summed E-state index contributed by atoms with van der Waals surface area (Å²) >= 11 is 4.86. The van der Waals surface area contributed by atoms with Crippen LogP contribution in [0.2, 0.25) is 0 Å². The molecule has 0 bridgehead atoms. The molecule has 6 nitrogen and oxygen atoms in total. The highest BCUT2D eigenvalue weighted by Gasteiger charge is 2.24. The van der Waals surface area contributed by atoms with Gasteiger partial charge < -0.3 is 20.9 Å². The Kier molecular flexibility index (Phi) is 5.92. The Bertz CT molecular complexity index is 987. The number of imidazole rings is 1. The van der Waals surface area contributed by atoms with Crippen molar-refractivity contribution in [3.8, 4) is 0 Å². The maximum atomic E-state index is 13.3. The molecule has 1 aromatic heterocycles. The monoisotopic (exact) mass is 412 g/mol. The number of fused-ring (bicyclic) bond motifs is 1. The highest BCUT2D eigenvalue weighted by Crippen LogP contribution is 2.23. The maximum absolute atomic E-state index is 13.3. The van der Waals surface area contributed by atoms with Crippen LogP contribution < -0.4 is 16.4 Å². The second-order valence-electron chi connectivity index (χ2n) is 7.36. The second kappa shape index (κ2) is 8.75. The minimum absolute atomic E-state index is 0.224. The largest absolute Gasteiger partial charge is 0.376 e. The maximum Gasteiger partial charge on any atom is 0.204 e. The van der Waals surface area contributed by atoms with E-state index in [1.165, 1.54) is 12.1 Å². The highest BCUT2D eigenvalue weighted by molar-refractivity contribution is 7.80. The summed E-state index contributed by atoms with van der Waals surface area (Å²) in [5.41, 5.74) is 8.54. The molecule has 1 unspecified atom stereocenters. The number of benzene rings is 2. The van der Waals surface area contributed by atoms with Crippen LogP contribution in [0.5, 0.6) is 0 Å². The van der Waals surface area contributed by atoms with Gasteiger partial charge in [0.05, 0.1) is 17.6 Å². The zero-order valence-electron chi connectivity index (χ0n) is 16.1. The minimum atomic E-state index is -0.224. The first-order valence-corrected chi connectivity index (χ1v) is 10.2. The summed E-state index contributed by atoms with van der Waals surface area (Å²) in [6.45, 7) is 4.26. The molecule has 1 aliphatic rings. The Labute approximate surface area is 174 Å². The van der Waals surface area contributed by atoms with Crippen LogP contribution in [-0.4, -0.2) is 51.8 Å². The molecule has 1 atom stereocenters. The number of para-hydroxylation sites is 2. The molecule has 2 heterocycles. The van der Waals surface area contributed by atoms with Gasteiger partial charge in [-0.05, 0) is 48.5 Å². The van der Waals surface area contributed by atoms with Crippen molar-refractivity contribution in [2.45, 2.75) is 19.0 Å². The van der Waals surface area contributed by atoms with E-state index in [4.69, 9.17) is 22.9 Å². The van der Waals surface area contributed by atoms with Gasteiger partial charge >= 0.3 is 0 Å². The van der Waals surface area contributed by atoms with Gasteiger partial charge in [-0.1, -0.05) is 24.3 Å². The molecule has 2 aromatic carbocycles. The van der Waals surface area contributed by atoms with E-state index in [2.05, 4.69) is 26.2 Å². The van der Waals surface area contributed by atoms with Crippen molar-refractivity contribution in [3.63, 3.8) is 0 Å². The Morgan fingerprint density at radius 3 is 2.79 bits per heavy atom. The van der Waals surface area contributed by atoms with E-state index in [1.807, 2.05) is 30.3 Å². The molecule has 8 heteroatoms. The normalized spacial score (nSPS) is 16.9. The first-order chi connectivity index (χ1) is 14.1. The van der Waals surface area contributed by atoms with Gasteiger partial charge in [0.25, 0.3) is 0 Å². The molecule has 4 N–H and O–H groups in total. The van der Waals surface area contributed by atoms with Crippen LogP contribution >= 0.6 is 12.2 Å². The molecule has 1 aliphatic heterocycles. The standard InChI is InChI=1S/C21H25FN6S/c22-16-7-5-15(6-8-16)13-28-19-4-2-1-3-18(19)26-21(28)25-17-9-11-27(14-17)12-10-24-20(23)29/h1-8,17H,9-14H2,(H,25,26)(H3,23,24,29). The molecule has 0 aliphatic carbocycles. The number of hydrogen-bond acceptors (Lipinski definition) is 4. The van der Waals surface area contributed by atoms with Crippen LogP contribution in [0, 0.1) is 5.82 Å². The number of likely N-dealkylation sites (tertiary alicyclic amines) is 1. The highest BCUT2D eigenvalue weighted by atomic mass is 32.1. The van der Waals surface area contributed by atoms with Crippen LogP contribution in [0.4, 0.5) is 10.3 Å². The lowest BCUT2D eigenvalue weighted by Gasteiger charge is -2.18. The Balaban J connectivity index is 1.48. The summed E-state index contributed by atoms with van der Waals surface area (Å²) in [6.07, 6.45) is 1.05.